The molecule has 2 aromatic carbocycles. The van der Waals surface area contributed by atoms with Gasteiger partial charge in [-0.2, -0.15) is 5.10 Å². The van der Waals surface area contributed by atoms with Crippen molar-refractivity contribution in [3.63, 3.8) is 0 Å². The third-order valence-corrected chi connectivity index (χ3v) is 5.00. The highest BCUT2D eigenvalue weighted by Gasteiger charge is 2.40. The summed E-state index contributed by atoms with van der Waals surface area (Å²) in [6.07, 6.45) is 2.83. The number of carbonyl (C=O) groups is 1. The third-order valence-electron chi connectivity index (χ3n) is 5.00. The average molecular weight is 365 g/mol. The minimum atomic E-state index is -1.78. The molecule has 1 fully saturated rings. The van der Waals surface area contributed by atoms with Gasteiger partial charge in [-0.25, -0.2) is 5.43 Å². The first-order valence-corrected chi connectivity index (χ1v) is 9.56. The Balaban J connectivity index is 1.78. The van der Waals surface area contributed by atoms with Gasteiger partial charge in [0.1, 0.15) is 0 Å². The second kappa shape index (κ2) is 8.93. The average Bonchev–Trinajstić information content (AvgIpc) is 2.74. The van der Waals surface area contributed by atoms with E-state index in [1.807, 2.05) is 36.4 Å². The second-order valence-corrected chi connectivity index (χ2v) is 6.90. The van der Waals surface area contributed by atoms with Gasteiger partial charge in [-0.1, -0.05) is 67.6 Å². The smallest absolute Gasteiger partial charge is 0.281 e. The molecule has 2 N–H and O–H groups in total. The molecule has 2 aromatic rings. The van der Waals surface area contributed by atoms with E-state index in [0.717, 1.165) is 44.6 Å². The molecule has 0 radical (unpaired) electrons. The molecular formula is C22H27N3O2. The van der Waals surface area contributed by atoms with E-state index in [1.54, 1.807) is 24.3 Å². The minimum absolute atomic E-state index is 0.520. The van der Waals surface area contributed by atoms with E-state index in [9.17, 15) is 9.90 Å². The van der Waals surface area contributed by atoms with E-state index in [2.05, 4.69) is 22.4 Å². The summed E-state index contributed by atoms with van der Waals surface area (Å²) in [7, 11) is 0. The van der Waals surface area contributed by atoms with Gasteiger partial charge in [0.15, 0.2) is 5.60 Å². The molecule has 5 nitrogen and oxygen atoms in total. The SMILES string of the molecule is CCCN1CCC(=NNC(=O)C(O)(c2ccccc2)c2ccccc2)CC1. The minimum Gasteiger partial charge on any atom is -0.372 e. The lowest BCUT2D eigenvalue weighted by Crippen LogP contribution is -2.44. The molecule has 5 heteroatoms. The number of hydrogen-bond acceptors (Lipinski definition) is 4. The summed E-state index contributed by atoms with van der Waals surface area (Å²) in [5.41, 5.74) is 2.85. The van der Waals surface area contributed by atoms with Crippen molar-refractivity contribution >= 4 is 11.6 Å². The van der Waals surface area contributed by atoms with Crippen LogP contribution in [0, 0.1) is 0 Å². The van der Waals surface area contributed by atoms with Crippen molar-refractivity contribution in [3.8, 4) is 0 Å². The number of aliphatic hydroxyl groups is 1. The van der Waals surface area contributed by atoms with Crippen LogP contribution in [0.15, 0.2) is 65.8 Å². The van der Waals surface area contributed by atoms with Crippen LogP contribution in [0.1, 0.15) is 37.3 Å². The molecule has 0 aromatic heterocycles. The quantitative estimate of drug-likeness (QED) is 0.774. The zero-order chi connectivity index (χ0) is 19.1. The number of nitrogens with zero attached hydrogens (tertiary/aromatic N) is 2. The Labute approximate surface area is 160 Å². The maximum atomic E-state index is 13.0. The van der Waals surface area contributed by atoms with Gasteiger partial charge in [0.05, 0.1) is 0 Å². The van der Waals surface area contributed by atoms with Gasteiger partial charge in [0, 0.05) is 31.6 Å². The zero-order valence-electron chi connectivity index (χ0n) is 15.8. The molecule has 0 unspecified atom stereocenters. The van der Waals surface area contributed by atoms with Gasteiger partial charge in [0.2, 0.25) is 0 Å². The van der Waals surface area contributed by atoms with E-state index in [4.69, 9.17) is 0 Å². The normalized spacial score (nSPS) is 15.4. The molecule has 0 bridgehead atoms. The monoisotopic (exact) mass is 365 g/mol. The van der Waals surface area contributed by atoms with Gasteiger partial charge in [-0.15, -0.1) is 0 Å². The summed E-state index contributed by atoms with van der Waals surface area (Å²) in [6, 6.07) is 18.0. The topological polar surface area (TPSA) is 64.9 Å². The number of hydrazone groups is 1. The predicted molar refractivity (Wildman–Crippen MR) is 107 cm³/mol. The molecule has 0 spiro atoms. The van der Waals surface area contributed by atoms with Crippen LogP contribution in [0.25, 0.3) is 0 Å². The summed E-state index contributed by atoms with van der Waals surface area (Å²) < 4.78 is 0. The molecule has 27 heavy (non-hydrogen) atoms. The lowest BCUT2D eigenvalue weighted by Gasteiger charge is -2.28. The highest BCUT2D eigenvalue weighted by atomic mass is 16.3. The van der Waals surface area contributed by atoms with Crippen molar-refractivity contribution in [1.29, 1.82) is 0 Å². The molecule has 1 aliphatic rings. The Morgan fingerprint density at radius 3 is 2.04 bits per heavy atom. The molecule has 3 rings (SSSR count). The van der Waals surface area contributed by atoms with Crippen molar-refractivity contribution in [2.24, 2.45) is 5.10 Å². The Bertz CT molecular complexity index is 725. The van der Waals surface area contributed by atoms with Crippen molar-refractivity contribution in [1.82, 2.24) is 10.3 Å². The number of likely N-dealkylation sites (tertiary alicyclic amines) is 1. The maximum Gasteiger partial charge on any atom is 0.281 e. The number of hydrogen-bond donors (Lipinski definition) is 2. The molecule has 1 heterocycles. The number of carbonyl (C=O) groups excluding carboxylic acids is 1. The molecule has 0 aliphatic carbocycles. The van der Waals surface area contributed by atoms with Crippen LogP contribution in [-0.4, -0.2) is 41.3 Å². The van der Waals surface area contributed by atoms with Crippen LogP contribution in [0.2, 0.25) is 0 Å². The molecule has 0 saturated carbocycles. The van der Waals surface area contributed by atoms with Crippen LogP contribution in [0.3, 0.4) is 0 Å². The van der Waals surface area contributed by atoms with Crippen LogP contribution in [0.4, 0.5) is 0 Å². The molecule has 1 aliphatic heterocycles. The van der Waals surface area contributed by atoms with Crippen LogP contribution < -0.4 is 5.43 Å². The summed E-state index contributed by atoms with van der Waals surface area (Å²) in [6.45, 7) is 5.20. The Kier molecular flexibility index (Phi) is 6.37. The molecule has 1 amide bonds. The number of rotatable bonds is 6. The highest BCUT2D eigenvalue weighted by Crippen LogP contribution is 2.29. The van der Waals surface area contributed by atoms with E-state index in [-0.39, 0.29) is 0 Å². The van der Waals surface area contributed by atoms with Crippen molar-refractivity contribution in [2.75, 3.05) is 19.6 Å². The fourth-order valence-corrected chi connectivity index (χ4v) is 3.46. The van der Waals surface area contributed by atoms with Gasteiger partial charge in [0.25, 0.3) is 5.91 Å². The Morgan fingerprint density at radius 2 is 1.56 bits per heavy atom. The number of nitrogens with one attached hydrogen (secondary N) is 1. The second-order valence-electron chi connectivity index (χ2n) is 6.90. The third kappa shape index (κ3) is 4.43. The van der Waals surface area contributed by atoms with Crippen molar-refractivity contribution in [2.45, 2.75) is 31.8 Å². The van der Waals surface area contributed by atoms with Crippen LogP contribution in [-0.2, 0) is 10.4 Å². The standard InChI is InChI=1S/C22H27N3O2/c1-2-15-25-16-13-20(14-17-25)23-24-21(26)22(27,18-9-5-3-6-10-18)19-11-7-4-8-12-19/h3-12,27H,2,13-17H2,1H3,(H,24,26). The number of benzene rings is 2. The van der Waals surface area contributed by atoms with Crippen molar-refractivity contribution in [3.05, 3.63) is 71.8 Å². The van der Waals surface area contributed by atoms with E-state index in [1.165, 1.54) is 0 Å². The summed E-state index contributed by atoms with van der Waals surface area (Å²) >= 11 is 0. The van der Waals surface area contributed by atoms with Crippen LogP contribution >= 0.6 is 0 Å². The van der Waals surface area contributed by atoms with Gasteiger partial charge in [-0.3, -0.25) is 4.79 Å². The van der Waals surface area contributed by atoms with E-state index in [0.29, 0.717) is 11.1 Å². The fourth-order valence-electron chi connectivity index (χ4n) is 3.46. The Hall–Kier alpha value is -2.50. The predicted octanol–water partition coefficient (Wildman–Crippen LogP) is 2.90. The first kappa shape index (κ1) is 19.3. The highest BCUT2D eigenvalue weighted by molar-refractivity contribution is 5.92. The van der Waals surface area contributed by atoms with Crippen LogP contribution in [0.5, 0.6) is 0 Å². The maximum absolute atomic E-state index is 13.0. The molecule has 0 atom stereocenters. The first-order chi connectivity index (χ1) is 13.1. The summed E-state index contributed by atoms with van der Waals surface area (Å²) in [5, 5.41) is 15.7. The first-order valence-electron chi connectivity index (χ1n) is 9.56. The largest absolute Gasteiger partial charge is 0.372 e. The lowest BCUT2D eigenvalue weighted by molar-refractivity contribution is -0.136. The zero-order valence-corrected chi connectivity index (χ0v) is 15.8. The van der Waals surface area contributed by atoms with E-state index >= 15 is 0 Å². The molecule has 142 valence electrons. The molecule has 1 saturated heterocycles. The van der Waals surface area contributed by atoms with Crippen molar-refractivity contribution < 1.29 is 9.90 Å². The van der Waals surface area contributed by atoms with Gasteiger partial charge >= 0.3 is 0 Å². The van der Waals surface area contributed by atoms with Gasteiger partial charge < -0.3 is 10.0 Å². The Morgan fingerprint density at radius 1 is 1.04 bits per heavy atom. The van der Waals surface area contributed by atoms with Gasteiger partial charge in [-0.05, 0) is 24.1 Å². The fraction of sp³-hybridized carbons (Fsp3) is 0.364. The number of amides is 1. The van der Waals surface area contributed by atoms with E-state index < -0.39 is 11.5 Å². The summed E-state index contributed by atoms with van der Waals surface area (Å²) in [4.78, 5) is 15.4. The lowest BCUT2D eigenvalue weighted by atomic mass is 9.85. The number of piperidine rings is 1. The molecular weight excluding hydrogens is 338 g/mol. The summed E-state index contributed by atoms with van der Waals surface area (Å²) in [5.74, 6) is -0.539.